The smallest absolute Gasteiger partial charge is 0.123 e. The lowest BCUT2D eigenvalue weighted by Gasteiger charge is -2.29. The largest absolute Gasteiger partial charge is 0.494 e. The van der Waals surface area contributed by atoms with Gasteiger partial charge in [-0.25, -0.2) is 0 Å². The van der Waals surface area contributed by atoms with Gasteiger partial charge in [0, 0.05) is 12.5 Å². The normalized spacial score (nSPS) is 16.6. The second-order valence-electron chi connectivity index (χ2n) is 5.48. The number of carbonyl (C=O) groups is 1. The van der Waals surface area contributed by atoms with Crippen molar-refractivity contribution in [2.24, 2.45) is 5.92 Å². The Kier molecular flexibility index (Phi) is 6.54. The summed E-state index contributed by atoms with van der Waals surface area (Å²) in [4.78, 5) is 13.1. The summed E-state index contributed by atoms with van der Waals surface area (Å²) in [5.41, 5.74) is 0. The van der Waals surface area contributed by atoms with Gasteiger partial charge < -0.3 is 14.3 Å². The zero-order chi connectivity index (χ0) is 14.9. The molecule has 1 fully saturated rings. The first kappa shape index (κ1) is 15.8. The van der Waals surface area contributed by atoms with Gasteiger partial charge in [-0.2, -0.15) is 0 Å². The van der Waals surface area contributed by atoms with Crippen LogP contribution in [0.25, 0.3) is 0 Å². The maximum atomic E-state index is 10.7. The van der Waals surface area contributed by atoms with E-state index in [2.05, 4.69) is 11.8 Å². The summed E-state index contributed by atoms with van der Waals surface area (Å²) in [5.74, 6) is 2.03. The molecule has 1 heterocycles. The molecule has 1 saturated heterocycles. The standard InChI is InChI=1S/C17H25NO3/c1-2-12-20-16-3-5-17(6-4-16)21-13-11-18-9-7-15(14-19)8-10-18/h3-6,14-15H,2,7-13H2,1H3. The van der Waals surface area contributed by atoms with Crippen LogP contribution in [0, 0.1) is 5.92 Å². The zero-order valence-electron chi connectivity index (χ0n) is 12.8. The first-order valence-corrected chi connectivity index (χ1v) is 7.85. The highest BCUT2D eigenvalue weighted by atomic mass is 16.5. The Bertz CT molecular complexity index is 411. The van der Waals surface area contributed by atoms with E-state index < -0.39 is 0 Å². The fourth-order valence-electron chi connectivity index (χ4n) is 2.46. The summed E-state index contributed by atoms with van der Waals surface area (Å²) in [6, 6.07) is 7.79. The van der Waals surface area contributed by atoms with E-state index in [9.17, 15) is 4.79 Å². The van der Waals surface area contributed by atoms with Crippen LogP contribution in [0.5, 0.6) is 11.5 Å². The first-order chi connectivity index (χ1) is 10.3. The lowest BCUT2D eigenvalue weighted by molar-refractivity contribution is -0.112. The third-order valence-corrected chi connectivity index (χ3v) is 3.80. The number of carbonyl (C=O) groups excluding carboxylic acids is 1. The fourth-order valence-corrected chi connectivity index (χ4v) is 2.46. The minimum absolute atomic E-state index is 0.262. The topological polar surface area (TPSA) is 38.8 Å². The number of ether oxygens (including phenoxy) is 2. The molecular formula is C17H25NO3. The van der Waals surface area contributed by atoms with Gasteiger partial charge in [-0.3, -0.25) is 4.90 Å². The summed E-state index contributed by atoms with van der Waals surface area (Å²) in [5, 5.41) is 0. The summed E-state index contributed by atoms with van der Waals surface area (Å²) >= 11 is 0. The maximum absolute atomic E-state index is 10.7. The number of piperidine rings is 1. The molecule has 1 aromatic rings. The van der Waals surface area contributed by atoms with Gasteiger partial charge in [0.05, 0.1) is 6.61 Å². The molecule has 1 aliphatic heterocycles. The molecule has 0 bridgehead atoms. The monoisotopic (exact) mass is 291 g/mol. The van der Waals surface area contributed by atoms with Crippen LogP contribution >= 0.6 is 0 Å². The molecule has 4 heteroatoms. The Morgan fingerprint density at radius 1 is 1.10 bits per heavy atom. The molecule has 0 unspecified atom stereocenters. The molecule has 0 radical (unpaired) electrons. The average molecular weight is 291 g/mol. The summed E-state index contributed by atoms with van der Waals surface area (Å²) < 4.78 is 11.3. The van der Waals surface area contributed by atoms with Gasteiger partial charge in [0.25, 0.3) is 0 Å². The van der Waals surface area contributed by atoms with Crippen LogP contribution < -0.4 is 9.47 Å². The molecule has 0 spiro atoms. The third kappa shape index (κ3) is 5.38. The maximum Gasteiger partial charge on any atom is 0.123 e. The molecule has 21 heavy (non-hydrogen) atoms. The van der Waals surface area contributed by atoms with E-state index in [-0.39, 0.29) is 5.92 Å². The van der Waals surface area contributed by atoms with Gasteiger partial charge in [-0.15, -0.1) is 0 Å². The Morgan fingerprint density at radius 2 is 1.67 bits per heavy atom. The number of likely N-dealkylation sites (tertiary alicyclic amines) is 1. The van der Waals surface area contributed by atoms with E-state index >= 15 is 0 Å². The van der Waals surface area contributed by atoms with Crippen LogP contribution in [0.15, 0.2) is 24.3 Å². The zero-order valence-corrected chi connectivity index (χ0v) is 12.8. The Hall–Kier alpha value is -1.55. The second kappa shape index (κ2) is 8.67. The molecule has 0 N–H and O–H groups in total. The average Bonchev–Trinajstić information content (AvgIpc) is 2.55. The van der Waals surface area contributed by atoms with Gasteiger partial charge in [-0.1, -0.05) is 6.92 Å². The molecule has 116 valence electrons. The third-order valence-electron chi connectivity index (χ3n) is 3.80. The second-order valence-corrected chi connectivity index (χ2v) is 5.48. The van der Waals surface area contributed by atoms with E-state index in [0.29, 0.717) is 6.61 Å². The summed E-state index contributed by atoms with van der Waals surface area (Å²) in [6.07, 6.45) is 4.06. The van der Waals surface area contributed by atoms with Crippen molar-refractivity contribution < 1.29 is 14.3 Å². The summed E-state index contributed by atoms with van der Waals surface area (Å²) in [6.45, 7) is 6.43. The molecule has 1 aromatic carbocycles. The SMILES string of the molecule is CCCOc1ccc(OCCN2CCC(C=O)CC2)cc1. The molecule has 0 aromatic heterocycles. The van der Waals surface area contributed by atoms with Crippen LogP contribution in [0.3, 0.4) is 0 Å². The van der Waals surface area contributed by atoms with E-state index in [4.69, 9.17) is 9.47 Å². The van der Waals surface area contributed by atoms with Crippen molar-refractivity contribution in [2.75, 3.05) is 32.8 Å². The molecule has 4 nitrogen and oxygen atoms in total. The molecule has 2 rings (SSSR count). The predicted molar refractivity (Wildman–Crippen MR) is 83.0 cm³/mol. The van der Waals surface area contributed by atoms with Gasteiger partial charge in [0.15, 0.2) is 0 Å². The number of benzene rings is 1. The van der Waals surface area contributed by atoms with Gasteiger partial charge >= 0.3 is 0 Å². The van der Waals surface area contributed by atoms with Crippen molar-refractivity contribution in [1.82, 2.24) is 4.90 Å². The van der Waals surface area contributed by atoms with Crippen molar-refractivity contribution in [2.45, 2.75) is 26.2 Å². The van der Waals surface area contributed by atoms with E-state index in [1.54, 1.807) is 0 Å². The van der Waals surface area contributed by atoms with Crippen molar-refractivity contribution in [1.29, 1.82) is 0 Å². The molecule has 0 amide bonds. The van der Waals surface area contributed by atoms with E-state index in [1.807, 2.05) is 24.3 Å². The van der Waals surface area contributed by atoms with E-state index in [1.165, 1.54) is 0 Å². The van der Waals surface area contributed by atoms with Crippen molar-refractivity contribution in [3.8, 4) is 11.5 Å². The first-order valence-electron chi connectivity index (χ1n) is 7.85. The molecule has 0 saturated carbocycles. The van der Waals surface area contributed by atoms with Crippen LogP contribution in [-0.4, -0.2) is 44.0 Å². The van der Waals surface area contributed by atoms with Gasteiger partial charge in [0.1, 0.15) is 24.4 Å². The van der Waals surface area contributed by atoms with Gasteiger partial charge in [-0.05, 0) is 56.6 Å². The lowest BCUT2D eigenvalue weighted by Crippen LogP contribution is -2.36. The minimum atomic E-state index is 0.262. The quantitative estimate of drug-likeness (QED) is 0.690. The molecule has 0 aliphatic carbocycles. The molecular weight excluding hydrogens is 266 g/mol. The Balaban J connectivity index is 1.65. The van der Waals surface area contributed by atoms with Crippen LogP contribution in [0.4, 0.5) is 0 Å². The number of nitrogens with zero attached hydrogens (tertiary/aromatic N) is 1. The van der Waals surface area contributed by atoms with Crippen LogP contribution in [-0.2, 0) is 4.79 Å². The highest BCUT2D eigenvalue weighted by Crippen LogP contribution is 2.18. The molecule has 0 atom stereocenters. The van der Waals surface area contributed by atoms with E-state index in [0.717, 1.165) is 63.3 Å². The highest BCUT2D eigenvalue weighted by Gasteiger charge is 2.17. The van der Waals surface area contributed by atoms with Crippen LogP contribution in [0.2, 0.25) is 0 Å². The minimum Gasteiger partial charge on any atom is -0.494 e. The van der Waals surface area contributed by atoms with Crippen molar-refractivity contribution >= 4 is 6.29 Å². The molecule has 1 aliphatic rings. The Morgan fingerprint density at radius 3 is 2.19 bits per heavy atom. The number of hydrogen-bond acceptors (Lipinski definition) is 4. The van der Waals surface area contributed by atoms with Crippen molar-refractivity contribution in [3.63, 3.8) is 0 Å². The highest BCUT2D eigenvalue weighted by molar-refractivity contribution is 5.53. The van der Waals surface area contributed by atoms with Crippen LogP contribution in [0.1, 0.15) is 26.2 Å². The van der Waals surface area contributed by atoms with Gasteiger partial charge in [0.2, 0.25) is 0 Å². The Labute approximate surface area is 127 Å². The lowest BCUT2D eigenvalue weighted by atomic mass is 9.99. The number of rotatable bonds is 8. The number of hydrogen-bond donors (Lipinski definition) is 0. The predicted octanol–water partition coefficient (Wildman–Crippen LogP) is 2.77. The fraction of sp³-hybridized carbons (Fsp3) is 0.588. The number of aldehydes is 1. The van der Waals surface area contributed by atoms with Crippen molar-refractivity contribution in [3.05, 3.63) is 24.3 Å². The summed E-state index contributed by atoms with van der Waals surface area (Å²) in [7, 11) is 0.